The van der Waals surface area contributed by atoms with Crippen LogP contribution in [0.3, 0.4) is 0 Å². The van der Waals surface area contributed by atoms with E-state index >= 15 is 0 Å². The first-order valence-corrected chi connectivity index (χ1v) is 9.95. The molecule has 6 heteroatoms. The Morgan fingerprint density at radius 3 is 2.76 bits per heavy atom. The molecular weight excluding hydrogens is 418 g/mol. The number of halogens is 2. The van der Waals surface area contributed by atoms with Gasteiger partial charge in [-0.3, -0.25) is 0 Å². The zero-order chi connectivity index (χ0) is 17.4. The van der Waals surface area contributed by atoms with Gasteiger partial charge < -0.3 is 0 Å². The van der Waals surface area contributed by atoms with Crippen LogP contribution in [0, 0.1) is 0 Å². The summed E-state index contributed by atoms with van der Waals surface area (Å²) in [6.07, 6.45) is 0.896. The molecule has 3 nitrogen and oxygen atoms in total. The Balaban J connectivity index is 1.66. The van der Waals surface area contributed by atoms with Gasteiger partial charge in [0.1, 0.15) is 0 Å². The molecule has 0 N–H and O–H groups in total. The molecule has 0 spiro atoms. The van der Waals surface area contributed by atoms with E-state index in [2.05, 4.69) is 52.5 Å². The van der Waals surface area contributed by atoms with Gasteiger partial charge in [0.2, 0.25) is 5.13 Å². The van der Waals surface area contributed by atoms with Crippen molar-refractivity contribution in [3.63, 3.8) is 0 Å². The largest absolute Gasteiger partial charge is 0.231 e. The van der Waals surface area contributed by atoms with Crippen LogP contribution in [0.5, 0.6) is 0 Å². The highest BCUT2D eigenvalue weighted by atomic mass is 79.9. The van der Waals surface area contributed by atoms with Crippen molar-refractivity contribution in [1.29, 1.82) is 0 Å². The second-order valence-electron chi connectivity index (χ2n) is 5.98. The molecule has 0 amide bonds. The highest BCUT2D eigenvalue weighted by Crippen LogP contribution is 2.38. The monoisotopic (exact) mass is 431 g/mol. The lowest BCUT2D eigenvalue weighted by Crippen LogP contribution is -2.18. The van der Waals surface area contributed by atoms with Gasteiger partial charge in [-0.1, -0.05) is 51.8 Å². The van der Waals surface area contributed by atoms with E-state index in [1.54, 1.807) is 11.3 Å². The van der Waals surface area contributed by atoms with Crippen molar-refractivity contribution in [2.45, 2.75) is 19.4 Å². The van der Waals surface area contributed by atoms with Crippen LogP contribution in [0.4, 0.5) is 5.13 Å². The molecule has 1 aliphatic heterocycles. The van der Waals surface area contributed by atoms with E-state index in [4.69, 9.17) is 21.7 Å². The highest BCUT2D eigenvalue weighted by Gasteiger charge is 2.29. The molecule has 0 saturated carbocycles. The molecule has 4 rings (SSSR count). The van der Waals surface area contributed by atoms with Gasteiger partial charge in [0.25, 0.3) is 0 Å². The Morgan fingerprint density at radius 1 is 1.20 bits per heavy atom. The minimum absolute atomic E-state index is 0.166. The van der Waals surface area contributed by atoms with E-state index in [9.17, 15) is 0 Å². The summed E-state index contributed by atoms with van der Waals surface area (Å²) in [5.41, 5.74) is 4.37. The summed E-state index contributed by atoms with van der Waals surface area (Å²) in [6, 6.07) is 16.3. The molecule has 1 aromatic heterocycles. The van der Waals surface area contributed by atoms with E-state index in [0.717, 1.165) is 38.0 Å². The molecule has 0 bridgehead atoms. The second kappa shape index (κ2) is 6.90. The molecule has 25 heavy (non-hydrogen) atoms. The molecule has 126 valence electrons. The van der Waals surface area contributed by atoms with E-state index in [1.165, 1.54) is 5.56 Å². The second-order valence-corrected chi connectivity index (χ2v) is 8.17. The van der Waals surface area contributed by atoms with Crippen molar-refractivity contribution in [2.75, 3.05) is 5.01 Å². The molecule has 0 fully saturated rings. The zero-order valence-electron chi connectivity index (χ0n) is 13.5. The number of rotatable bonds is 3. The Hall–Kier alpha value is -1.69. The van der Waals surface area contributed by atoms with Gasteiger partial charge in [0, 0.05) is 32.6 Å². The fraction of sp³-hybridized carbons (Fsp3) is 0.158. The standard InChI is InChI=1S/C19H15BrClN3S/c1-12-9-18(13-5-7-16(21)8-6-13)24(23-12)19-22-17(11-25-19)14-3-2-4-15(20)10-14/h2-8,10-11,18H,9H2,1H3/t18-/m0/s1. The van der Waals surface area contributed by atoms with Gasteiger partial charge in [-0.25, -0.2) is 9.99 Å². The molecule has 1 atom stereocenters. The molecule has 0 radical (unpaired) electrons. The average Bonchev–Trinajstić information content (AvgIpc) is 3.22. The SMILES string of the molecule is CC1=NN(c2nc(-c3cccc(Br)c3)cs2)[C@H](c2ccc(Cl)cc2)C1. The summed E-state index contributed by atoms with van der Waals surface area (Å²) in [6.45, 7) is 2.06. The first-order chi connectivity index (χ1) is 12.1. The average molecular weight is 433 g/mol. The van der Waals surface area contributed by atoms with Crippen LogP contribution in [-0.4, -0.2) is 10.7 Å². The van der Waals surface area contributed by atoms with Crippen molar-refractivity contribution in [1.82, 2.24) is 4.98 Å². The zero-order valence-corrected chi connectivity index (χ0v) is 16.6. The molecule has 0 saturated heterocycles. The van der Waals surface area contributed by atoms with Crippen LogP contribution >= 0.6 is 38.9 Å². The Bertz CT molecular complexity index is 936. The lowest BCUT2D eigenvalue weighted by atomic mass is 10.0. The third-order valence-corrected chi connectivity index (χ3v) is 5.70. The molecule has 0 aliphatic carbocycles. The van der Waals surface area contributed by atoms with E-state index in [0.29, 0.717) is 0 Å². The summed E-state index contributed by atoms with van der Waals surface area (Å²) in [5, 5.41) is 10.5. The molecule has 2 aromatic carbocycles. The third-order valence-electron chi connectivity index (χ3n) is 4.13. The van der Waals surface area contributed by atoms with Crippen molar-refractivity contribution >= 4 is 49.7 Å². The lowest BCUT2D eigenvalue weighted by molar-refractivity contribution is 0.706. The Morgan fingerprint density at radius 2 is 2.00 bits per heavy atom. The minimum Gasteiger partial charge on any atom is -0.231 e. The molecule has 0 unspecified atom stereocenters. The van der Waals surface area contributed by atoms with Crippen LogP contribution in [0.1, 0.15) is 24.9 Å². The first-order valence-electron chi connectivity index (χ1n) is 7.90. The van der Waals surface area contributed by atoms with Crippen LogP contribution in [0.15, 0.2) is 63.5 Å². The smallest absolute Gasteiger partial charge is 0.207 e. The maximum atomic E-state index is 6.03. The highest BCUT2D eigenvalue weighted by molar-refractivity contribution is 9.10. The summed E-state index contributed by atoms with van der Waals surface area (Å²) in [5.74, 6) is 0. The number of hydrogen-bond donors (Lipinski definition) is 0. The van der Waals surface area contributed by atoms with E-state index in [-0.39, 0.29) is 6.04 Å². The number of hydrazone groups is 1. The first kappa shape index (κ1) is 16.8. The predicted octanol–water partition coefficient (Wildman–Crippen LogP) is 6.55. The maximum absolute atomic E-state index is 6.03. The van der Waals surface area contributed by atoms with Crippen LogP contribution < -0.4 is 5.01 Å². The van der Waals surface area contributed by atoms with Gasteiger partial charge in [-0.05, 0) is 36.8 Å². The van der Waals surface area contributed by atoms with Crippen molar-refractivity contribution in [3.05, 3.63) is 69.0 Å². The third kappa shape index (κ3) is 3.50. The van der Waals surface area contributed by atoms with Gasteiger partial charge in [0.05, 0.1) is 11.7 Å². The number of hydrogen-bond acceptors (Lipinski definition) is 4. The number of thiazole rings is 1. The summed E-state index contributed by atoms with van der Waals surface area (Å²) < 4.78 is 1.05. The van der Waals surface area contributed by atoms with Crippen molar-refractivity contribution < 1.29 is 0 Å². The molecule has 3 aromatic rings. The number of anilines is 1. The van der Waals surface area contributed by atoms with Crippen LogP contribution in [-0.2, 0) is 0 Å². The molecular formula is C19H15BrClN3S. The fourth-order valence-corrected chi connectivity index (χ4v) is 4.29. The molecule has 2 heterocycles. The predicted molar refractivity (Wildman–Crippen MR) is 110 cm³/mol. The summed E-state index contributed by atoms with van der Waals surface area (Å²) in [4.78, 5) is 4.82. The van der Waals surface area contributed by atoms with Crippen molar-refractivity contribution in [3.8, 4) is 11.3 Å². The van der Waals surface area contributed by atoms with Crippen LogP contribution in [0.25, 0.3) is 11.3 Å². The fourth-order valence-electron chi connectivity index (χ4n) is 2.93. The quantitative estimate of drug-likeness (QED) is 0.469. The van der Waals surface area contributed by atoms with E-state index in [1.807, 2.05) is 29.3 Å². The van der Waals surface area contributed by atoms with Crippen molar-refractivity contribution in [2.24, 2.45) is 5.10 Å². The topological polar surface area (TPSA) is 28.5 Å². The maximum Gasteiger partial charge on any atom is 0.207 e. The minimum atomic E-state index is 0.166. The van der Waals surface area contributed by atoms with E-state index < -0.39 is 0 Å². The summed E-state index contributed by atoms with van der Waals surface area (Å²) in [7, 11) is 0. The van der Waals surface area contributed by atoms with Gasteiger partial charge in [-0.2, -0.15) is 5.10 Å². The van der Waals surface area contributed by atoms with Crippen LogP contribution in [0.2, 0.25) is 5.02 Å². The normalized spacial score (nSPS) is 17.0. The lowest BCUT2D eigenvalue weighted by Gasteiger charge is -2.21. The molecule has 1 aliphatic rings. The van der Waals surface area contributed by atoms with Gasteiger partial charge in [-0.15, -0.1) is 11.3 Å². The number of aromatic nitrogens is 1. The number of nitrogens with zero attached hydrogens (tertiary/aromatic N) is 3. The number of benzene rings is 2. The Labute approximate surface area is 164 Å². The van der Waals surface area contributed by atoms with Gasteiger partial charge >= 0.3 is 0 Å². The van der Waals surface area contributed by atoms with Gasteiger partial charge in [0.15, 0.2) is 0 Å². The Kier molecular flexibility index (Phi) is 4.63. The summed E-state index contributed by atoms with van der Waals surface area (Å²) >= 11 is 11.2.